The molecule has 0 saturated heterocycles. The monoisotopic (exact) mass is 276 g/mol. The maximum absolute atomic E-state index is 12.2. The Balaban J connectivity index is 2.54. The average Bonchev–Trinajstić information content (AvgIpc) is 2.38. The third-order valence-corrected chi connectivity index (χ3v) is 4.33. The van der Waals surface area contributed by atoms with Gasteiger partial charge in [-0.25, -0.2) is 9.97 Å². The number of hydrogen-bond acceptors (Lipinski definition) is 5. The number of nitrogens with two attached hydrogens (primary N) is 1. The highest BCUT2D eigenvalue weighted by Crippen LogP contribution is 2.38. The van der Waals surface area contributed by atoms with Crippen LogP contribution < -0.4 is 16.4 Å². The minimum absolute atomic E-state index is 0.548. The molecule has 0 aliphatic heterocycles. The van der Waals surface area contributed by atoms with Crippen LogP contribution in [0.1, 0.15) is 0 Å². The molecule has 1 aromatic carbocycles. The van der Waals surface area contributed by atoms with E-state index in [1.165, 1.54) is 0 Å². The predicted octanol–water partition coefficient (Wildman–Crippen LogP) is 2.02. The summed E-state index contributed by atoms with van der Waals surface area (Å²) in [5.74, 6) is 0.548. The van der Waals surface area contributed by atoms with E-state index in [2.05, 4.69) is 15.3 Å². The van der Waals surface area contributed by atoms with Gasteiger partial charge in [0.15, 0.2) is 0 Å². The van der Waals surface area contributed by atoms with Crippen molar-refractivity contribution in [3.63, 3.8) is 0 Å². The Morgan fingerprint density at radius 1 is 1.26 bits per heavy atom. The summed E-state index contributed by atoms with van der Waals surface area (Å²) < 4.78 is 12.2. The predicted molar refractivity (Wildman–Crippen MR) is 80.5 cm³/mol. The second kappa shape index (κ2) is 5.02. The number of anilines is 2. The Labute approximate surface area is 112 Å². The van der Waals surface area contributed by atoms with Crippen molar-refractivity contribution < 1.29 is 4.57 Å². The molecule has 0 atom stereocenters. The lowest BCUT2D eigenvalue weighted by Crippen LogP contribution is -2.10. The molecule has 6 heteroatoms. The molecule has 2 aromatic rings. The van der Waals surface area contributed by atoms with Crippen LogP contribution in [0.3, 0.4) is 0 Å². The zero-order chi connectivity index (χ0) is 14.0. The third-order valence-electron chi connectivity index (χ3n) is 2.79. The first-order chi connectivity index (χ1) is 8.91. The number of nitrogens with zero attached hydrogens (tertiary/aromatic N) is 2. The quantitative estimate of drug-likeness (QED) is 0.662. The topological polar surface area (TPSA) is 80.9 Å². The van der Waals surface area contributed by atoms with E-state index in [0.29, 0.717) is 16.9 Å². The first-order valence-electron chi connectivity index (χ1n) is 5.88. The van der Waals surface area contributed by atoms with Crippen LogP contribution in [-0.2, 0) is 4.57 Å². The number of hydrogen-bond donors (Lipinski definition) is 2. The van der Waals surface area contributed by atoms with Crippen molar-refractivity contribution in [3.05, 3.63) is 30.5 Å². The zero-order valence-electron chi connectivity index (χ0n) is 11.2. The molecule has 0 amide bonds. The van der Waals surface area contributed by atoms with Crippen LogP contribution >= 0.6 is 7.14 Å². The smallest absolute Gasteiger partial charge is 0.222 e. The Morgan fingerprint density at radius 2 is 2.00 bits per heavy atom. The van der Waals surface area contributed by atoms with Gasteiger partial charge < -0.3 is 15.6 Å². The van der Waals surface area contributed by atoms with Gasteiger partial charge in [-0.15, -0.1) is 0 Å². The maximum atomic E-state index is 12.2. The molecular weight excluding hydrogens is 259 g/mol. The first kappa shape index (κ1) is 13.6. The zero-order valence-corrected chi connectivity index (χ0v) is 12.1. The Hall–Kier alpha value is -1.87. The average molecular weight is 276 g/mol. The molecule has 3 N–H and O–H groups in total. The lowest BCUT2D eigenvalue weighted by Gasteiger charge is -2.12. The van der Waals surface area contributed by atoms with Gasteiger partial charge in [-0.2, -0.15) is 0 Å². The normalized spacial score (nSPS) is 11.3. The SMILES string of the molecule is CNc1nccc(-c2ccc(N)c(P(C)(C)=O)c2)n1. The molecule has 0 saturated carbocycles. The second-order valence-corrected chi connectivity index (χ2v) is 7.82. The van der Waals surface area contributed by atoms with Gasteiger partial charge in [0.25, 0.3) is 0 Å². The van der Waals surface area contributed by atoms with Crippen LogP contribution in [0.2, 0.25) is 0 Å². The van der Waals surface area contributed by atoms with Gasteiger partial charge in [0.1, 0.15) is 7.14 Å². The minimum Gasteiger partial charge on any atom is -0.398 e. The maximum Gasteiger partial charge on any atom is 0.222 e. The number of nitrogen functional groups attached to an aromatic ring is 1. The van der Waals surface area contributed by atoms with E-state index < -0.39 is 7.14 Å². The van der Waals surface area contributed by atoms with E-state index >= 15 is 0 Å². The summed E-state index contributed by atoms with van der Waals surface area (Å²) in [6.45, 7) is 3.42. The molecule has 0 unspecified atom stereocenters. The van der Waals surface area contributed by atoms with Crippen LogP contribution in [0, 0.1) is 0 Å². The second-order valence-electron chi connectivity index (χ2n) is 4.64. The molecule has 5 nitrogen and oxygen atoms in total. The van der Waals surface area contributed by atoms with Gasteiger partial charge in [0.05, 0.1) is 5.69 Å². The fourth-order valence-corrected chi connectivity index (χ4v) is 2.96. The Morgan fingerprint density at radius 3 is 2.63 bits per heavy atom. The summed E-state index contributed by atoms with van der Waals surface area (Å²) in [6, 6.07) is 7.30. The number of aromatic nitrogens is 2. The largest absolute Gasteiger partial charge is 0.398 e. The van der Waals surface area contributed by atoms with Gasteiger partial charge >= 0.3 is 0 Å². The summed E-state index contributed by atoms with van der Waals surface area (Å²) in [7, 11) is -0.642. The van der Waals surface area contributed by atoms with Crippen LogP contribution in [-0.4, -0.2) is 30.3 Å². The molecule has 1 heterocycles. The van der Waals surface area contributed by atoms with E-state index in [-0.39, 0.29) is 0 Å². The Bertz CT molecular complexity index is 651. The number of benzene rings is 1. The molecule has 0 bridgehead atoms. The Kier molecular flexibility index (Phi) is 3.58. The van der Waals surface area contributed by atoms with Gasteiger partial charge in [0.2, 0.25) is 5.95 Å². The molecule has 0 aliphatic rings. The highest BCUT2D eigenvalue weighted by Gasteiger charge is 2.16. The highest BCUT2D eigenvalue weighted by atomic mass is 31.2. The molecule has 0 aliphatic carbocycles. The van der Waals surface area contributed by atoms with Crippen molar-refractivity contribution in [2.75, 3.05) is 31.4 Å². The van der Waals surface area contributed by atoms with Crippen LogP contribution in [0.4, 0.5) is 11.6 Å². The van der Waals surface area contributed by atoms with E-state index in [4.69, 9.17) is 5.73 Å². The van der Waals surface area contributed by atoms with Crippen molar-refractivity contribution in [1.82, 2.24) is 9.97 Å². The number of rotatable bonds is 3. The first-order valence-corrected chi connectivity index (χ1v) is 8.48. The highest BCUT2D eigenvalue weighted by molar-refractivity contribution is 7.70. The van der Waals surface area contributed by atoms with E-state index in [1.54, 1.807) is 32.6 Å². The standard InChI is InChI=1S/C13H17N4OP/c1-15-13-16-7-6-11(17-13)9-4-5-10(14)12(8-9)19(2,3)18/h4-8H,14H2,1-3H3,(H,15,16,17). The molecule has 19 heavy (non-hydrogen) atoms. The molecule has 100 valence electrons. The number of nitrogens with one attached hydrogen (secondary N) is 1. The van der Waals surface area contributed by atoms with Gasteiger partial charge in [0, 0.05) is 29.8 Å². The molecule has 0 radical (unpaired) electrons. The van der Waals surface area contributed by atoms with Crippen molar-refractivity contribution >= 4 is 24.1 Å². The molecular formula is C13H17N4OP. The molecule has 0 spiro atoms. The van der Waals surface area contributed by atoms with Crippen molar-refractivity contribution in [2.45, 2.75) is 0 Å². The van der Waals surface area contributed by atoms with E-state index in [0.717, 1.165) is 11.3 Å². The minimum atomic E-state index is -2.41. The van der Waals surface area contributed by atoms with Gasteiger partial charge in [-0.3, -0.25) is 0 Å². The fraction of sp³-hybridized carbons (Fsp3) is 0.231. The third kappa shape index (κ3) is 2.93. The molecule has 1 aromatic heterocycles. The van der Waals surface area contributed by atoms with Gasteiger partial charge in [-0.1, -0.05) is 6.07 Å². The van der Waals surface area contributed by atoms with Crippen LogP contribution in [0.25, 0.3) is 11.3 Å². The van der Waals surface area contributed by atoms with Crippen LogP contribution in [0.15, 0.2) is 30.5 Å². The van der Waals surface area contributed by atoms with Crippen molar-refractivity contribution in [2.24, 2.45) is 0 Å². The fourth-order valence-electron chi connectivity index (χ4n) is 1.81. The summed E-state index contributed by atoms with van der Waals surface area (Å²) in [5, 5.41) is 3.58. The summed E-state index contributed by atoms with van der Waals surface area (Å²) in [4.78, 5) is 8.43. The summed E-state index contributed by atoms with van der Waals surface area (Å²) in [6.07, 6.45) is 1.68. The van der Waals surface area contributed by atoms with Gasteiger partial charge in [-0.05, 0) is 31.5 Å². The summed E-state index contributed by atoms with van der Waals surface area (Å²) >= 11 is 0. The van der Waals surface area contributed by atoms with Crippen molar-refractivity contribution in [1.29, 1.82) is 0 Å². The molecule has 0 fully saturated rings. The van der Waals surface area contributed by atoms with Crippen molar-refractivity contribution in [3.8, 4) is 11.3 Å². The lowest BCUT2D eigenvalue weighted by molar-refractivity contribution is 0.588. The molecule has 2 rings (SSSR count). The van der Waals surface area contributed by atoms with E-state index in [1.807, 2.05) is 18.2 Å². The lowest BCUT2D eigenvalue weighted by atomic mass is 10.1. The summed E-state index contributed by atoms with van der Waals surface area (Å²) in [5.41, 5.74) is 8.10. The van der Waals surface area contributed by atoms with Crippen LogP contribution in [0.5, 0.6) is 0 Å². The van der Waals surface area contributed by atoms with E-state index in [9.17, 15) is 4.57 Å².